The van der Waals surface area contributed by atoms with Gasteiger partial charge in [-0.25, -0.2) is 0 Å². The molecule has 96 valence electrons. The van der Waals surface area contributed by atoms with Gasteiger partial charge < -0.3 is 15.2 Å². The molecule has 0 aromatic carbocycles. The smallest absolute Gasteiger partial charge is 0.252 e. The standard InChI is InChI=1S/C12H25NO3/c1-6-11(3,8-9-14)13-10(15)12(4,7-2)16-5/h14H,6-9H2,1-5H3,(H,13,15). The number of nitrogens with one attached hydrogen (secondary N) is 1. The largest absolute Gasteiger partial charge is 0.396 e. The van der Waals surface area contributed by atoms with Gasteiger partial charge in [-0.2, -0.15) is 0 Å². The van der Waals surface area contributed by atoms with E-state index < -0.39 is 5.60 Å². The summed E-state index contributed by atoms with van der Waals surface area (Å²) in [5.74, 6) is -0.115. The minimum absolute atomic E-state index is 0.0699. The van der Waals surface area contributed by atoms with E-state index in [1.54, 1.807) is 14.0 Å². The van der Waals surface area contributed by atoms with Crippen LogP contribution in [0.1, 0.15) is 47.0 Å². The summed E-state index contributed by atoms with van der Waals surface area (Å²) in [5.41, 5.74) is -1.15. The summed E-state index contributed by atoms with van der Waals surface area (Å²) >= 11 is 0. The lowest BCUT2D eigenvalue weighted by molar-refractivity contribution is -0.144. The zero-order chi connectivity index (χ0) is 12.8. The van der Waals surface area contributed by atoms with Gasteiger partial charge in [0.15, 0.2) is 0 Å². The van der Waals surface area contributed by atoms with Gasteiger partial charge in [-0.15, -0.1) is 0 Å². The van der Waals surface area contributed by atoms with Gasteiger partial charge in [0.25, 0.3) is 5.91 Å². The molecule has 2 unspecified atom stereocenters. The van der Waals surface area contributed by atoms with E-state index in [1.807, 2.05) is 20.8 Å². The van der Waals surface area contributed by atoms with Gasteiger partial charge in [0, 0.05) is 19.3 Å². The zero-order valence-corrected chi connectivity index (χ0v) is 11.1. The number of hydrogen-bond donors (Lipinski definition) is 2. The molecule has 0 saturated heterocycles. The summed E-state index contributed by atoms with van der Waals surface area (Å²) in [6.07, 6.45) is 1.95. The molecular formula is C12H25NO3. The topological polar surface area (TPSA) is 58.6 Å². The van der Waals surface area contributed by atoms with Crippen molar-refractivity contribution in [2.24, 2.45) is 0 Å². The molecule has 0 radical (unpaired) electrons. The third-order valence-electron chi connectivity index (χ3n) is 3.46. The van der Waals surface area contributed by atoms with Crippen LogP contribution >= 0.6 is 0 Å². The predicted molar refractivity (Wildman–Crippen MR) is 64.2 cm³/mol. The lowest BCUT2D eigenvalue weighted by atomic mass is 9.92. The van der Waals surface area contributed by atoms with Crippen LogP contribution < -0.4 is 5.32 Å². The summed E-state index contributed by atoms with van der Waals surface area (Å²) in [7, 11) is 1.54. The molecule has 0 aromatic heterocycles. The van der Waals surface area contributed by atoms with Crippen molar-refractivity contribution in [1.82, 2.24) is 5.32 Å². The second kappa shape index (κ2) is 6.21. The number of methoxy groups -OCH3 is 1. The summed E-state index contributed by atoms with van der Waals surface area (Å²) in [6, 6.07) is 0. The van der Waals surface area contributed by atoms with Crippen LogP contribution in [0.4, 0.5) is 0 Å². The number of ether oxygens (including phenoxy) is 1. The Morgan fingerprint density at radius 1 is 1.31 bits per heavy atom. The van der Waals surface area contributed by atoms with Gasteiger partial charge in [-0.05, 0) is 33.1 Å². The first kappa shape index (κ1) is 15.4. The van der Waals surface area contributed by atoms with Crippen LogP contribution in [0.15, 0.2) is 0 Å². The number of carbonyl (C=O) groups is 1. The Morgan fingerprint density at radius 2 is 1.88 bits per heavy atom. The normalized spacial score (nSPS) is 18.6. The fourth-order valence-electron chi connectivity index (χ4n) is 1.38. The van der Waals surface area contributed by atoms with E-state index >= 15 is 0 Å². The van der Waals surface area contributed by atoms with Gasteiger partial charge >= 0.3 is 0 Å². The molecule has 16 heavy (non-hydrogen) atoms. The van der Waals surface area contributed by atoms with E-state index in [0.29, 0.717) is 12.8 Å². The number of aliphatic hydroxyl groups excluding tert-OH is 1. The van der Waals surface area contributed by atoms with Crippen LogP contribution in [0.2, 0.25) is 0 Å². The van der Waals surface area contributed by atoms with E-state index in [2.05, 4.69) is 5.32 Å². The molecule has 4 nitrogen and oxygen atoms in total. The first-order valence-corrected chi connectivity index (χ1v) is 5.86. The van der Waals surface area contributed by atoms with Crippen molar-refractivity contribution in [3.63, 3.8) is 0 Å². The van der Waals surface area contributed by atoms with Gasteiger partial charge in [0.05, 0.1) is 0 Å². The first-order valence-electron chi connectivity index (χ1n) is 5.86. The maximum absolute atomic E-state index is 12.1. The fourth-order valence-corrected chi connectivity index (χ4v) is 1.38. The van der Waals surface area contributed by atoms with Crippen LogP contribution in [0.5, 0.6) is 0 Å². The van der Waals surface area contributed by atoms with Crippen molar-refractivity contribution in [2.45, 2.75) is 58.1 Å². The van der Waals surface area contributed by atoms with Crippen molar-refractivity contribution >= 4 is 5.91 Å². The lowest BCUT2D eigenvalue weighted by Crippen LogP contribution is -2.54. The number of aliphatic hydroxyl groups is 1. The predicted octanol–water partition coefficient (Wildman–Crippen LogP) is 1.47. The van der Waals surface area contributed by atoms with Crippen molar-refractivity contribution < 1.29 is 14.6 Å². The fraction of sp³-hybridized carbons (Fsp3) is 0.917. The third-order valence-corrected chi connectivity index (χ3v) is 3.46. The maximum atomic E-state index is 12.1. The Labute approximate surface area is 98.4 Å². The summed E-state index contributed by atoms with van der Waals surface area (Å²) in [5, 5.41) is 11.9. The van der Waals surface area contributed by atoms with Crippen LogP contribution in [-0.4, -0.2) is 35.9 Å². The molecule has 0 rings (SSSR count). The Bertz CT molecular complexity index is 226. The Balaban J connectivity index is 4.63. The van der Waals surface area contributed by atoms with E-state index in [1.165, 1.54) is 0 Å². The lowest BCUT2D eigenvalue weighted by Gasteiger charge is -2.34. The molecule has 4 heteroatoms. The summed E-state index contributed by atoms with van der Waals surface area (Å²) < 4.78 is 5.24. The molecular weight excluding hydrogens is 206 g/mol. The molecule has 1 amide bonds. The number of hydrogen-bond acceptors (Lipinski definition) is 3. The average molecular weight is 231 g/mol. The molecule has 0 heterocycles. The second-order valence-electron chi connectivity index (χ2n) is 4.63. The van der Waals surface area contributed by atoms with Crippen molar-refractivity contribution in [3.8, 4) is 0 Å². The third kappa shape index (κ3) is 3.76. The van der Waals surface area contributed by atoms with Gasteiger partial charge in [0.2, 0.25) is 0 Å². The van der Waals surface area contributed by atoms with Gasteiger partial charge in [0.1, 0.15) is 5.60 Å². The number of amides is 1. The highest BCUT2D eigenvalue weighted by atomic mass is 16.5. The van der Waals surface area contributed by atoms with Gasteiger partial charge in [-0.1, -0.05) is 13.8 Å². The summed E-state index contributed by atoms with van der Waals surface area (Å²) in [4.78, 5) is 12.1. The molecule has 2 atom stereocenters. The Morgan fingerprint density at radius 3 is 2.19 bits per heavy atom. The minimum atomic E-state index is -0.786. The van der Waals surface area contributed by atoms with E-state index in [-0.39, 0.29) is 18.1 Å². The Kier molecular flexibility index (Phi) is 5.97. The molecule has 2 N–H and O–H groups in total. The van der Waals surface area contributed by atoms with E-state index in [4.69, 9.17) is 9.84 Å². The van der Waals surface area contributed by atoms with E-state index in [9.17, 15) is 4.79 Å². The molecule has 0 aromatic rings. The highest BCUT2D eigenvalue weighted by molar-refractivity contribution is 5.85. The molecule has 0 spiro atoms. The number of carbonyl (C=O) groups excluding carboxylic acids is 1. The first-order chi connectivity index (χ1) is 7.37. The molecule has 0 aliphatic carbocycles. The maximum Gasteiger partial charge on any atom is 0.252 e. The van der Waals surface area contributed by atoms with Crippen molar-refractivity contribution in [3.05, 3.63) is 0 Å². The highest BCUT2D eigenvalue weighted by Gasteiger charge is 2.35. The van der Waals surface area contributed by atoms with Crippen LogP contribution in [0.25, 0.3) is 0 Å². The highest BCUT2D eigenvalue weighted by Crippen LogP contribution is 2.19. The minimum Gasteiger partial charge on any atom is -0.396 e. The van der Waals surface area contributed by atoms with Gasteiger partial charge in [-0.3, -0.25) is 4.79 Å². The van der Waals surface area contributed by atoms with Crippen LogP contribution in [-0.2, 0) is 9.53 Å². The molecule has 0 aliphatic heterocycles. The van der Waals surface area contributed by atoms with Crippen molar-refractivity contribution in [1.29, 1.82) is 0 Å². The zero-order valence-electron chi connectivity index (χ0n) is 11.1. The van der Waals surface area contributed by atoms with Crippen LogP contribution in [0.3, 0.4) is 0 Å². The number of rotatable bonds is 7. The molecule has 0 fully saturated rings. The quantitative estimate of drug-likeness (QED) is 0.697. The molecule has 0 aliphatic rings. The second-order valence-corrected chi connectivity index (χ2v) is 4.63. The SMILES string of the molecule is CCC(C)(CCO)NC(=O)C(C)(CC)OC. The Hall–Kier alpha value is -0.610. The van der Waals surface area contributed by atoms with Crippen molar-refractivity contribution in [2.75, 3.05) is 13.7 Å². The monoisotopic (exact) mass is 231 g/mol. The van der Waals surface area contributed by atoms with Crippen LogP contribution in [0, 0.1) is 0 Å². The average Bonchev–Trinajstić information content (AvgIpc) is 2.28. The van der Waals surface area contributed by atoms with E-state index in [0.717, 1.165) is 6.42 Å². The summed E-state index contributed by atoms with van der Waals surface area (Å²) in [6.45, 7) is 7.69. The molecule has 0 saturated carbocycles. The molecule has 0 bridgehead atoms.